The van der Waals surface area contributed by atoms with Gasteiger partial charge in [0.05, 0.1) is 6.10 Å². The monoisotopic (exact) mass is 384 g/mol. The van der Waals surface area contributed by atoms with Gasteiger partial charge in [0, 0.05) is 0 Å². The van der Waals surface area contributed by atoms with Crippen molar-refractivity contribution in [1.29, 1.82) is 0 Å². The molecule has 0 saturated heterocycles. The molecule has 4 aliphatic carbocycles. The molecule has 0 aromatic carbocycles. The van der Waals surface area contributed by atoms with E-state index in [4.69, 9.17) is 0 Å². The summed E-state index contributed by atoms with van der Waals surface area (Å²) in [4.78, 5) is 0. The van der Waals surface area contributed by atoms with E-state index < -0.39 is 0 Å². The van der Waals surface area contributed by atoms with Crippen molar-refractivity contribution in [3.05, 3.63) is 23.3 Å². The standard InChI is InChI=1S/C27H44O/c1-18(2)7-6-8-19(3)23-11-12-24-22-10-9-20-17-21(28)13-15-26(20,4)25(22)14-16-27(23,24)5/h7,10,19-21,23-25,28H,6,8-9,11-17H2,1-5H3/t19-,20?,21+,23-,24+,25+,26+,27-/m1/s1. The summed E-state index contributed by atoms with van der Waals surface area (Å²) >= 11 is 0. The third kappa shape index (κ3) is 3.34. The first kappa shape index (κ1) is 20.7. The van der Waals surface area contributed by atoms with E-state index in [0.717, 1.165) is 42.4 Å². The number of fused-ring (bicyclic) bond motifs is 5. The zero-order valence-electron chi connectivity index (χ0n) is 19.1. The molecule has 0 amide bonds. The van der Waals surface area contributed by atoms with Gasteiger partial charge >= 0.3 is 0 Å². The van der Waals surface area contributed by atoms with Gasteiger partial charge in [0.15, 0.2) is 0 Å². The Morgan fingerprint density at radius 3 is 2.57 bits per heavy atom. The number of hydrogen-bond acceptors (Lipinski definition) is 1. The van der Waals surface area contributed by atoms with E-state index >= 15 is 0 Å². The number of aliphatic hydroxyl groups excluding tert-OH is 1. The first-order valence-corrected chi connectivity index (χ1v) is 12.3. The fourth-order valence-electron chi connectivity index (χ4n) is 8.30. The zero-order chi connectivity index (χ0) is 20.1. The van der Waals surface area contributed by atoms with E-state index in [1.54, 1.807) is 0 Å². The van der Waals surface area contributed by atoms with Crippen molar-refractivity contribution < 1.29 is 5.11 Å². The summed E-state index contributed by atoms with van der Waals surface area (Å²) in [5, 5.41) is 10.2. The van der Waals surface area contributed by atoms with Crippen molar-refractivity contribution in [2.75, 3.05) is 0 Å². The minimum atomic E-state index is -0.0422. The van der Waals surface area contributed by atoms with Gasteiger partial charge in [-0.3, -0.25) is 0 Å². The van der Waals surface area contributed by atoms with Crippen LogP contribution in [0.2, 0.25) is 0 Å². The molecule has 158 valence electrons. The van der Waals surface area contributed by atoms with Crippen molar-refractivity contribution in [3.63, 3.8) is 0 Å². The lowest BCUT2D eigenvalue weighted by atomic mass is 9.47. The molecule has 8 atom stereocenters. The van der Waals surface area contributed by atoms with Crippen LogP contribution in [0.25, 0.3) is 0 Å². The van der Waals surface area contributed by atoms with Crippen LogP contribution in [-0.4, -0.2) is 11.2 Å². The molecule has 4 aliphatic rings. The lowest BCUT2D eigenvalue weighted by Crippen LogP contribution is -2.49. The molecule has 0 heterocycles. The molecule has 0 aliphatic heterocycles. The Morgan fingerprint density at radius 2 is 1.82 bits per heavy atom. The second kappa shape index (κ2) is 7.60. The summed E-state index contributed by atoms with van der Waals surface area (Å²) in [7, 11) is 0. The molecule has 1 nitrogen and oxygen atoms in total. The number of hydrogen-bond donors (Lipinski definition) is 1. The van der Waals surface area contributed by atoms with E-state index in [1.807, 2.05) is 5.57 Å². The van der Waals surface area contributed by atoms with Gasteiger partial charge < -0.3 is 5.11 Å². The number of rotatable bonds is 4. The van der Waals surface area contributed by atoms with Crippen LogP contribution in [0.5, 0.6) is 0 Å². The third-order valence-electron chi connectivity index (χ3n) is 9.99. The number of allylic oxidation sites excluding steroid dienone is 4. The van der Waals surface area contributed by atoms with Gasteiger partial charge in [-0.05, 0) is 118 Å². The van der Waals surface area contributed by atoms with Crippen LogP contribution in [0.4, 0.5) is 0 Å². The molecule has 0 bridgehead atoms. The zero-order valence-corrected chi connectivity index (χ0v) is 19.1. The molecule has 0 aromatic heterocycles. The predicted molar refractivity (Wildman–Crippen MR) is 119 cm³/mol. The van der Waals surface area contributed by atoms with Gasteiger partial charge in [-0.1, -0.05) is 44.1 Å². The minimum Gasteiger partial charge on any atom is -0.393 e. The minimum absolute atomic E-state index is 0.0422. The lowest BCUT2D eigenvalue weighted by molar-refractivity contribution is -0.0426. The molecule has 0 spiro atoms. The van der Waals surface area contributed by atoms with Crippen LogP contribution in [0.3, 0.4) is 0 Å². The molecule has 28 heavy (non-hydrogen) atoms. The molecule has 1 heteroatoms. The average Bonchev–Trinajstić information content (AvgIpc) is 2.99. The maximum Gasteiger partial charge on any atom is 0.0543 e. The molecule has 0 radical (unpaired) electrons. The molecule has 1 unspecified atom stereocenters. The van der Waals surface area contributed by atoms with E-state index in [-0.39, 0.29) is 6.10 Å². The van der Waals surface area contributed by atoms with Crippen molar-refractivity contribution >= 4 is 0 Å². The maximum atomic E-state index is 10.2. The normalized spacial score (nSPS) is 46.1. The van der Waals surface area contributed by atoms with E-state index in [0.29, 0.717) is 10.8 Å². The molecule has 1 N–H and O–H groups in total. The van der Waals surface area contributed by atoms with Crippen LogP contribution >= 0.6 is 0 Å². The van der Waals surface area contributed by atoms with Crippen molar-refractivity contribution in [3.8, 4) is 0 Å². The van der Waals surface area contributed by atoms with Crippen LogP contribution in [0, 0.1) is 40.4 Å². The Hall–Kier alpha value is -0.560. The summed E-state index contributed by atoms with van der Waals surface area (Å²) in [6, 6.07) is 0. The smallest absolute Gasteiger partial charge is 0.0543 e. The van der Waals surface area contributed by atoms with Crippen LogP contribution in [0.1, 0.15) is 98.8 Å². The van der Waals surface area contributed by atoms with E-state index in [1.165, 1.54) is 56.9 Å². The van der Waals surface area contributed by atoms with Crippen LogP contribution in [-0.2, 0) is 0 Å². The Kier molecular flexibility index (Phi) is 5.62. The van der Waals surface area contributed by atoms with Crippen molar-refractivity contribution in [2.45, 2.75) is 105 Å². The van der Waals surface area contributed by atoms with E-state index in [2.05, 4.69) is 46.8 Å². The Balaban J connectivity index is 1.52. The van der Waals surface area contributed by atoms with Gasteiger partial charge in [0.2, 0.25) is 0 Å². The molecule has 3 fully saturated rings. The Morgan fingerprint density at radius 1 is 1.11 bits per heavy atom. The fourth-order valence-corrected chi connectivity index (χ4v) is 8.30. The molecule has 3 saturated carbocycles. The Labute approximate surface area is 174 Å². The second-order valence-corrected chi connectivity index (χ2v) is 11.7. The average molecular weight is 385 g/mol. The highest BCUT2D eigenvalue weighted by Gasteiger charge is 2.58. The molecular formula is C27H44O. The van der Waals surface area contributed by atoms with Gasteiger partial charge in [-0.25, -0.2) is 0 Å². The summed E-state index contributed by atoms with van der Waals surface area (Å²) in [5.74, 6) is 4.11. The highest BCUT2D eigenvalue weighted by molar-refractivity contribution is 5.27. The van der Waals surface area contributed by atoms with Gasteiger partial charge in [0.25, 0.3) is 0 Å². The highest BCUT2D eigenvalue weighted by Crippen LogP contribution is 2.66. The van der Waals surface area contributed by atoms with Crippen molar-refractivity contribution in [1.82, 2.24) is 0 Å². The Bertz CT molecular complexity index is 641. The topological polar surface area (TPSA) is 20.2 Å². The highest BCUT2D eigenvalue weighted by atomic mass is 16.3. The SMILES string of the molecule is CC(C)=CCC[C@@H](C)[C@H]1CC[C@H]2C3=CCC4C[C@@H](O)CC[C@]4(C)[C@H]3CC[C@]12C. The van der Waals surface area contributed by atoms with Gasteiger partial charge in [0.1, 0.15) is 0 Å². The van der Waals surface area contributed by atoms with Crippen LogP contribution < -0.4 is 0 Å². The summed E-state index contributed by atoms with van der Waals surface area (Å²) < 4.78 is 0. The quantitative estimate of drug-likeness (QED) is 0.504. The lowest BCUT2D eigenvalue weighted by Gasteiger charge is -2.57. The first-order valence-electron chi connectivity index (χ1n) is 12.3. The molecule has 0 aromatic rings. The molecule has 4 rings (SSSR count). The van der Waals surface area contributed by atoms with Crippen LogP contribution in [0.15, 0.2) is 23.3 Å². The fraction of sp³-hybridized carbons (Fsp3) is 0.852. The van der Waals surface area contributed by atoms with Gasteiger partial charge in [-0.15, -0.1) is 0 Å². The summed E-state index contributed by atoms with van der Waals surface area (Å²) in [5.41, 5.74) is 4.32. The van der Waals surface area contributed by atoms with E-state index in [9.17, 15) is 5.11 Å². The number of aliphatic hydroxyl groups is 1. The predicted octanol–water partition coefficient (Wildman–Crippen LogP) is 7.31. The first-order chi connectivity index (χ1) is 13.3. The van der Waals surface area contributed by atoms with Gasteiger partial charge in [-0.2, -0.15) is 0 Å². The van der Waals surface area contributed by atoms with Crippen molar-refractivity contribution in [2.24, 2.45) is 40.4 Å². The summed E-state index contributed by atoms with van der Waals surface area (Å²) in [6.07, 6.45) is 17.9. The third-order valence-corrected chi connectivity index (χ3v) is 9.99. The largest absolute Gasteiger partial charge is 0.393 e. The maximum absolute atomic E-state index is 10.2. The molecular weight excluding hydrogens is 340 g/mol. The second-order valence-electron chi connectivity index (χ2n) is 11.7. The summed E-state index contributed by atoms with van der Waals surface area (Å²) in [6.45, 7) is 12.2.